The zero-order chi connectivity index (χ0) is 13.0. The summed E-state index contributed by atoms with van der Waals surface area (Å²) < 4.78 is 0. The monoisotopic (exact) mass is 242 g/mol. The molecule has 0 amide bonds. The molecule has 94 valence electrons. The van der Waals surface area contributed by atoms with Crippen molar-refractivity contribution in [2.24, 2.45) is 0 Å². The van der Waals surface area contributed by atoms with E-state index in [4.69, 9.17) is 0 Å². The minimum Gasteiger partial charge on any atom is -0.386 e. The van der Waals surface area contributed by atoms with Gasteiger partial charge >= 0.3 is 0 Å². The Morgan fingerprint density at radius 3 is 2.39 bits per heavy atom. The number of pyridine rings is 1. The molecule has 0 aliphatic carbocycles. The van der Waals surface area contributed by atoms with E-state index < -0.39 is 6.10 Å². The number of hydrogen-bond donors (Lipinski definition) is 1. The summed E-state index contributed by atoms with van der Waals surface area (Å²) in [6.45, 7) is 0. The van der Waals surface area contributed by atoms with Crippen LogP contribution in [-0.2, 0) is 6.42 Å². The maximum absolute atomic E-state index is 10.1. The number of aliphatic hydroxyl groups is 1. The topological polar surface area (TPSA) is 36.4 Å². The highest BCUT2D eigenvalue weighted by Crippen LogP contribution is 2.18. The fourth-order valence-corrected chi connectivity index (χ4v) is 1.83. The fourth-order valence-electron chi connectivity index (χ4n) is 1.83. The maximum Gasteiger partial charge on any atom is 0.0999 e. The average molecular weight is 242 g/mol. The van der Waals surface area contributed by atoms with Crippen LogP contribution in [-0.4, -0.2) is 24.2 Å². The second kappa shape index (κ2) is 5.65. The van der Waals surface area contributed by atoms with Gasteiger partial charge in [-0.1, -0.05) is 18.2 Å². The number of aromatic nitrogens is 1. The molecule has 3 heteroatoms. The third-order valence-electron chi connectivity index (χ3n) is 2.91. The van der Waals surface area contributed by atoms with E-state index in [-0.39, 0.29) is 0 Å². The molecule has 1 aromatic heterocycles. The molecule has 2 aromatic rings. The molecular formula is C15H18N2O. The van der Waals surface area contributed by atoms with Crippen molar-refractivity contribution in [2.45, 2.75) is 12.5 Å². The minimum atomic E-state index is -0.545. The van der Waals surface area contributed by atoms with Crippen molar-refractivity contribution in [1.29, 1.82) is 0 Å². The molecule has 18 heavy (non-hydrogen) atoms. The Balaban J connectivity index is 2.05. The van der Waals surface area contributed by atoms with Crippen LogP contribution in [0.4, 0.5) is 5.69 Å². The SMILES string of the molecule is CN(C)c1ccc(CC(O)c2ccccn2)cc1. The van der Waals surface area contributed by atoms with E-state index in [1.165, 1.54) is 0 Å². The predicted octanol–water partition coefficient (Wildman–Crippen LogP) is 2.42. The van der Waals surface area contributed by atoms with Crippen molar-refractivity contribution in [2.75, 3.05) is 19.0 Å². The average Bonchev–Trinajstić information content (AvgIpc) is 2.40. The van der Waals surface area contributed by atoms with Gasteiger partial charge in [-0.15, -0.1) is 0 Å². The van der Waals surface area contributed by atoms with E-state index in [0.29, 0.717) is 12.1 Å². The second-order valence-electron chi connectivity index (χ2n) is 4.54. The lowest BCUT2D eigenvalue weighted by molar-refractivity contribution is 0.173. The Hall–Kier alpha value is -1.87. The van der Waals surface area contributed by atoms with Gasteiger partial charge in [0.2, 0.25) is 0 Å². The molecule has 0 saturated heterocycles. The highest BCUT2D eigenvalue weighted by molar-refractivity contribution is 5.46. The molecular weight excluding hydrogens is 224 g/mol. The van der Waals surface area contributed by atoms with Gasteiger partial charge in [-0.25, -0.2) is 0 Å². The molecule has 3 nitrogen and oxygen atoms in total. The summed E-state index contributed by atoms with van der Waals surface area (Å²) in [5.74, 6) is 0. The molecule has 0 aliphatic rings. The predicted molar refractivity (Wildman–Crippen MR) is 73.7 cm³/mol. The van der Waals surface area contributed by atoms with Crippen LogP contribution in [0.25, 0.3) is 0 Å². The number of hydrogen-bond acceptors (Lipinski definition) is 3. The lowest BCUT2D eigenvalue weighted by atomic mass is 10.0. The first-order valence-corrected chi connectivity index (χ1v) is 6.02. The van der Waals surface area contributed by atoms with Gasteiger partial charge < -0.3 is 10.0 Å². The number of aliphatic hydroxyl groups excluding tert-OH is 1. The summed E-state index contributed by atoms with van der Waals surface area (Å²) in [4.78, 5) is 6.22. The third kappa shape index (κ3) is 3.08. The van der Waals surface area contributed by atoms with Crippen LogP contribution in [0.1, 0.15) is 17.4 Å². The van der Waals surface area contributed by atoms with Crippen molar-refractivity contribution < 1.29 is 5.11 Å². The van der Waals surface area contributed by atoms with Gasteiger partial charge in [-0.05, 0) is 29.8 Å². The fraction of sp³-hybridized carbons (Fsp3) is 0.267. The Morgan fingerprint density at radius 2 is 1.83 bits per heavy atom. The summed E-state index contributed by atoms with van der Waals surface area (Å²) in [6.07, 6.45) is 1.75. The van der Waals surface area contributed by atoms with Crippen molar-refractivity contribution in [3.8, 4) is 0 Å². The molecule has 0 fully saturated rings. The first-order chi connectivity index (χ1) is 8.66. The van der Waals surface area contributed by atoms with Gasteiger partial charge in [-0.3, -0.25) is 4.98 Å². The van der Waals surface area contributed by atoms with Gasteiger partial charge in [0.15, 0.2) is 0 Å². The zero-order valence-electron chi connectivity index (χ0n) is 10.7. The van der Waals surface area contributed by atoms with E-state index in [9.17, 15) is 5.11 Å². The number of anilines is 1. The van der Waals surface area contributed by atoms with E-state index in [1.807, 2.05) is 44.4 Å². The molecule has 0 spiro atoms. The Kier molecular flexibility index (Phi) is 3.95. The van der Waals surface area contributed by atoms with Gasteiger partial charge in [0.05, 0.1) is 11.8 Å². The van der Waals surface area contributed by atoms with Gasteiger partial charge in [-0.2, -0.15) is 0 Å². The first kappa shape index (κ1) is 12.6. The standard InChI is InChI=1S/C15H18N2O/c1-17(2)13-8-6-12(7-9-13)11-15(18)14-5-3-4-10-16-14/h3-10,15,18H,11H2,1-2H3. The van der Waals surface area contributed by atoms with Crippen LogP contribution < -0.4 is 4.90 Å². The van der Waals surface area contributed by atoms with E-state index in [1.54, 1.807) is 6.20 Å². The van der Waals surface area contributed by atoms with Gasteiger partial charge in [0.1, 0.15) is 0 Å². The lowest BCUT2D eigenvalue weighted by Crippen LogP contribution is -2.08. The van der Waals surface area contributed by atoms with E-state index in [2.05, 4.69) is 22.0 Å². The molecule has 0 bridgehead atoms. The van der Waals surface area contributed by atoms with E-state index >= 15 is 0 Å². The Morgan fingerprint density at radius 1 is 1.11 bits per heavy atom. The first-order valence-electron chi connectivity index (χ1n) is 6.02. The molecule has 0 saturated carbocycles. The number of rotatable bonds is 4. The Bertz CT molecular complexity index is 480. The normalized spacial score (nSPS) is 12.2. The molecule has 1 N–H and O–H groups in total. The van der Waals surface area contributed by atoms with Crippen LogP contribution in [0, 0.1) is 0 Å². The van der Waals surface area contributed by atoms with Crippen molar-refractivity contribution >= 4 is 5.69 Å². The van der Waals surface area contributed by atoms with Gasteiger partial charge in [0.25, 0.3) is 0 Å². The quantitative estimate of drug-likeness (QED) is 0.894. The molecule has 1 atom stereocenters. The summed E-state index contributed by atoms with van der Waals surface area (Å²) in [6, 6.07) is 13.8. The van der Waals surface area contributed by atoms with E-state index in [0.717, 1.165) is 11.3 Å². The van der Waals surface area contributed by atoms with Crippen LogP contribution >= 0.6 is 0 Å². The van der Waals surface area contributed by atoms with Crippen LogP contribution in [0.2, 0.25) is 0 Å². The molecule has 0 aliphatic heterocycles. The lowest BCUT2D eigenvalue weighted by Gasteiger charge is -2.14. The summed E-state index contributed by atoms with van der Waals surface area (Å²) in [5, 5.41) is 10.1. The molecule has 1 unspecified atom stereocenters. The summed E-state index contributed by atoms with van der Waals surface area (Å²) in [7, 11) is 4.02. The number of nitrogens with zero attached hydrogens (tertiary/aromatic N) is 2. The Labute approximate surface area is 108 Å². The van der Waals surface area contributed by atoms with Gasteiger partial charge in [0, 0.05) is 32.4 Å². The molecule has 0 radical (unpaired) electrons. The largest absolute Gasteiger partial charge is 0.386 e. The van der Waals surface area contributed by atoms with Crippen molar-refractivity contribution in [3.05, 3.63) is 59.9 Å². The third-order valence-corrected chi connectivity index (χ3v) is 2.91. The number of benzene rings is 1. The van der Waals surface area contributed by atoms with Crippen LogP contribution in [0.15, 0.2) is 48.7 Å². The highest BCUT2D eigenvalue weighted by atomic mass is 16.3. The van der Waals surface area contributed by atoms with Crippen molar-refractivity contribution in [3.63, 3.8) is 0 Å². The zero-order valence-corrected chi connectivity index (χ0v) is 10.7. The smallest absolute Gasteiger partial charge is 0.0999 e. The molecule has 2 rings (SSSR count). The molecule has 1 heterocycles. The summed E-state index contributed by atoms with van der Waals surface area (Å²) in [5.41, 5.74) is 2.99. The minimum absolute atomic E-state index is 0.545. The maximum atomic E-state index is 10.1. The summed E-state index contributed by atoms with van der Waals surface area (Å²) >= 11 is 0. The van der Waals surface area contributed by atoms with Crippen molar-refractivity contribution in [1.82, 2.24) is 4.98 Å². The highest BCUT2D eigenvalue weighted by Gasteiger charge is 2.09. The van der Waals surface area contributed by atoms with Crippen LogP contribution in [0.5, 0.6) is 0 Å². The second-order valence-corrected chi connectivity index (χ2v) is 4.54. The van der Waals surface area contributed by atoms with Crippen LogP contribution in [0.3, 0.4) is 0 Å². The molecule has 1 aromatic carbocycles.